The fraction of sp³-hybridized carbons (Fsp3) is 0.211. The SMILES string of the molecule is Cc1ccc([C@@H](CC(=O)O)c2c[nH]c3ccccc23)c(C)c1. The standard InChI is InChI=1S/C19H19NO2/c1-12-7-8-14(13(2)9-12)16(10-19(21)22)17-11-20-18-6-4-3-5-15(17)18/h3-9,11,16,20H,10H2,1-2H3,(H,21,22)/t16-/m1/s1. The van der Waals surface area contributed by atoms with Crippen molar-refractivity contribution in [3.63, 3.8) is 0 Å². The van der Waals surface area contributed by atoms with Gasteiger partial charge in [0.25, 0.3) is 0 Å². The maximum Gasteiger partial charge on any atom is 0.304 e. The van der Waals surface area contributed by atoms with Gasteiger partial charge in [0, 0.05) is 23.0 Å². The molecule has 0 aliphatic heterocycles. The van der Waals surface area contributed by atoms with E-state index in [1.807, 2.05) is 43.5 Å². The summed E-state index contributed by atoms with van der Waals surface area (Å²) >= 11 is 0. The van der Waals surface area contributed by atoms with E-state index < -0.39 is 5.97 Å². The lowest BCUT2D eigenvalue weighted by Gasteiger charge is -2.18. The number of nitrogens with one attached hydrogen (secondary N) is 1. The second-order valence-electron chi connectivity index (χ2n) is 5.80. The normalized spacial score (nSPS) is 12.5. The minimum atomic E-state index is -0.782. The van der Waals surface area contributed by atoms with Crippen molar-refractivity contribution in [2.75, 3.05) is 0 Å². The van der Waals surface area contributed by atoms with Crippen molar-refractivity contribution in [3.05, 3.63) is 70.9 Å². The maximum absolute atomic E-state index is 11.4. The van der Waals surface area contributed by atoms with E-state index in [0.29, 0.717) is 0 Å². The van der Waals surface area contributed by atoms with Gasteiger partial charge in [-0.05, 0) is 36.6 Å². The van der Waals surface area contributed by atoms with Crippen LogP contribution in [-0.2, 0) is 4.79 Å². The van der Waals surface area contributed by atoms with Gasteiger partial charge in [-0.15, -0.1) is 0 Å². The van der Waals surface area contributed by atoms with Crippen LogP contribution in [0.2, 0.25) is 0 Å². The molecule has 1 heterocycles. The number of aryl methyl sites for hydroxylation is 2. The lowest BCUT2D eigenvalue weighted by Crippen LogP contribution is -2.09. The van der Waals surface area contributed by atoms with E-state index in [1.165, 1.54) is 5.56 Å². The second kappa shape index (κ2) is 5.68. The number of rotatable bonds is 4. The number of aromatic nitrogens is 1. The molecule has 1 aromatic heterocycles. The molecule has 0 bridgehead atoms. The molecule has 0 amide bonds. The first-order valence-electron chi connectivity index (χ1n) is 7.41. The van der Waals surface area contributed by atoms with Gasteiger partial charge in [-0.1, -0.05) is 42.0 Å². The lowest BCUT2D eigenvalue weighted by molar-refractivity contribution is -0.137. The van der Waals surface area contributed by atoms with Gasteiger partial charge < -0.3 is 10.1 Å². The van der Waals surface area contributed by atoms with Gasteiger partial charge in [-0.3, -0.25) is 4.79 Å². The molecule has 3 aromatic rings. The quantitative estimate of drug-likeness (QED) is 0.749. The summed E-state index contributed by atoms with van der Waals surface area (Å²) in [6, 6.07) is 14.2. The van der Waals surface area contributed by atoms with Crippen LogP contribution in [0.4, 0.5) is 0 Å². The summed E-state index contributed by atoms with van der Waals surface area (Å²) in [5.74, 6) is -0.926. The molecule has 0 fully saturated rings. The van der Waals surface area contributed by atoms with E-state index in [9.17, 15) is 9.90 Å². The molecule has 112 valence electrons. The Balaban J connectivity index is 2.16. The molecule has 2 aromatic carbocycles. The Labute approximate surface area is 129 Å². The maximum atomic E-state index is 11.4. The van der Waals surface area contributed by atoms with Crippen molar-refractivity contribution >= 4 is 16.9 Å². The average Bonchev–Trinajstić information content (AvgIpc) is 2.89. The number of carboxylic acid groups (broad SMARTS) is 1. The number of benzene rings is 2. The molecule has 0 unspecified atom stereocenters. The third-order valence-electron chi connectivity index (χ3n) is 4.18. The van der Waals surface area contributed by atoms with Crippen LogP contribution in [0.3, 0.4) is 0 Å². The summed E-state index contributed by atoms with van der Waals surface area (Å²) in [6.07, 6.45) is 2.03. The summed E-state index contributed by atoms with van der Waals surface area (Å²) in [6.45, 7) is 4.10. The van der Waals surface area contributed by atoms with Crippen LogP contribution in [0.15, 0.2) is 48.7 Å². The zero-order valence-corrected chi connectivity index (χ0v) is 12.8. The minimum absolute atomic E-state index is 0.0890. The molecule has 1 atom stereocenters. The molecule has 0 saturated carbocycles. The summed E-state index contributed by atoms with van der Waals surface area (Å²) in [7, 11) is 0. The number of para-hydroxylation sites is 1. The van der Waals surface area contributed by atoms with Crippen LogP contribution in [-0.4, -0.2) is 16.1 Å². The number of hydrogen-bond acceptors (Lipinski definition) is 1. The fourth-order valence-corrected chi connectivity index (χ4v) is 3.16. The fourth-order valence-electron chi connectivity index (χ4n) is 3.16. The van der Waals surface area contributed by atoms with Crippen LogP contribution in [0.25, 0.3) is 10.9 Å². The van der Waals surface area contributed by atoms with E-state index in [-0.39, 0.29) is 12.3 Å². The zero-order valence-electron chi connectivity index (χ0n) is 12.8. The molecule has 0 aliphatic rings. The van der Waals surface area contributed by atoms with Crippen molar-refractivity contribution in [3.8, 4) is 0 Å². The van der Waals surface area contributed by atoms with Gasteiger partial charge in [0.05, 0.1) is 6.42 Å². The summed E-state index contributed by atoms with van der Waals surface area (Å²) in [5, 5.41) is 10.4. The predicted octanol–water partition coefficient (Wildman–Crippen LogP) is 4.39. The van der Waals surface area contributed by atoms with Crippen molar-refractivity contribution in [2.24, 2.45) is 0 Å². The Bertz CT molecular complexity index is 832. The van der Waals surface area contributed by atoms with Crippen molar-refractivity contribution in [1.29, 1.82) is 0 Å². The van der Waals surface area contributed by atoms with Gasteiger partial charge in [-0.25, -0.2) is 0 Å². The van der Waals surface area contributed by atoms with Crippen LogP contribution in [0.5, 0.6) is 0 Å². The van der Waals surface area contributed by atoms with Gasteiger partial charge in [0.15, 0.2) is 0 Å². The molecular weight excluding hydrogens is 274 g/mol. The number of aromatic amines is 1. The van der Waals surface area contributed by atoms with Gasteiger partial charge in [-0.2, -0.15) is 0 Å². The van der Waals surface area contributed by atoms with Crippen molar-refractivity contribution in [2.45, 2.75) is 26.2 Å². The van der Waals surface area contributed by atoms with E-state index >= 15 is 0 Å². The first-order chi connectivity index (χ1) is 10.6. The predicted molar refractivity (Wildman–Crippen MR) is 88.3 cm³/mol. The third kappa shape index (κ3) is 2.62. The zero-order chi connectivity index (χ0) is 15.7. The van der Waals surface area contributed by atoms with Gasteiger partial charge >= 0.3 is 5.97 Å². The molecule has 0 aliphatic carbocycles. The van der Waals surface area contributed by atoms with E-state index in [0.717, 1.165) is 27.6 Å². The molecule has 0 saturated heterocycles. The van der Waals surface area contributed by atoms with E-state index in [1.54, 1.807) is 0 Å². The molecule has 0 spiro atoms. The van der Waals surface area contributed by atoms with Gasteiger partial charge in [0.1, 0.15) is 0 Å². The summed E-state index contributed by atoms with van der Waals surface area (Å²) in [5.41, 5.74) is 5.49. The summed E-state index contributed by atoms with van der Waals surface area (Å²) in [4.78, 5) is 14.6. The number of carboxylic acids is 1. The molecule has 3 rings (SSSR count). The highest BCUT2D eigenvalue weighted by Crippen LogP contribution is 2.35. The Morgan fingerprint density at radius 2 is 1.91 bits per heavy atom. The Kier molecular flexibility index (Phi) is 3.72. The minimum Gasteiger partial charge on any atom is -0.481 e. The van der Waals surface area contributed by atoms with Crippen LogP contribution < -0.4 is 0 Å². The Morgan fingerprint density at radius 1 is 1.14 bits per heavy atom. The molecule has 3 heteroatoms. The third-order valence-corrected chi connectivity index (χ3v) is 4.18. The highest BCUT2D eigenvalue weighted by atomic mass is 16.4. The molecule has 2 N–H and O–H groups in total. The van der Waals surface area contributed by atoms with Gasteiger partial charge in [0.2, 0.25) is 0 Å². The van der Waals surface area contributed by atoms with Crippen LogP contribution >= 0.6 is 0 Å². The smallest absolute Gasteiger partial charge is 0.304 e. The van der Waals surface area contributed by atoms with Crippen LogP contribution in [0.1, 0.15) is 34.6 Å². The average molecular weight is 293 g/mol. The van der Waals surface area contributed by atoms with Crippen molar-refractivity contribution in [1.82, 2.24) is 4.98 Å². The Morgan fingerprint density at radius 3 is 2.64 bits per heavy atom. The highest BCUT2D eigenvalue weighted by molar-refractivity contribution is 5.85. The Hall–Kier alpha value is -2.55. The first-order valence-corrected chi connectivity index (χ1v) is 7.41. The monoisotopic (exact) mass is 293 g/mol. The summed E-state index contributed by atoms with van der Waals surface area (Å²) < 4.78 is 0. The first kappa shape index (κ1) is 14.4. The number of aliphatic carboxylic acids is 1. The topological polar surface area (TPSA) is 53.1 Å². The second-order valence-corrected chi connectivity index (χ2v) is 5.80. The molecular formula is C19H19NO2. The van der Waals surface area contributed by atoms with E-state index in [4.69, 9.17) is 0 Å². The largest absolute Gasteiger partial charge is 0.481 e. The number of hydrogen-bond donors (Lipinski definition) is 2. The number of fused-ring (bicyclic) bond motifs is 1. The highest BCUT2D eigenvalue weighted by Gasteiger charge is 2.22. The number of H-pyrrole nitrogens is 1. The molecule has 3 nitrogen and oxygen atoms in total. The number of carbonyl (C=O) groups is 1. The molecule has 0 radical (unpaired) electrons. The lowest BCUT2D eigenvalue weighted by atomic mass is 9.85. The molecule has 22 heavy (non-hydrogen) atoms. The van der Waals surface area contributed by atoms with Crippen molar-refractivity contribution < 1.29 is 9.90 Å². The van der Waals surface area contributed by atoms with E-state index in [2.05, 4.69) is 24.0 Å². The van der Waals surface area contributed by atoms with Crippen LogP contribution in [0, 0.1) is 13.8 Å².